The molecule has 2 aliphatic heterocycles. The minimum Gasteiger partial charge on any atom is -0.496 e. The van der Waals surface area contributed by atoms with Crippen LogP contribution in [-0.4, -0.2) is 55.5 Å². The van der Waals surface area contributed by atoms with Crippen molar-refractivity contribution in [1.29, 1.82) is 0 Å². The first-order valence-electron chi connectivity index (χ1n) is 15.6. The Kier molecular flexibility index (Phi) is 8.92. The van der Waals surface area contributed by atoms with Crippen molar-refractivity contribution < 1.29 is 28.1 Å². The third-order valence-electron chi connectivity index (χ3n) is 8.73. The SMILES string of the molecule is COc1ccc(F)cc1[C@H](Cn1c(=O)n(C(C)(C)C(=O)OC(C)(C)C)c(=O)c2c(C)c(-c3ncsn3)sc21)OC1C[C@H]2CC[C@@H](C1)O2. The average Bonchev–Trinajstić information content (AvgIpc) is 3.72. The van der Waals surface area contributed by atoms with Crippen LogP contribution >= 0.6 is 22.9 Å². The first-order valence-corrected chi connectivity index (χ1v) is 17.3. The largest absolute Gasteiger partial charge is 0.496 e. The van der Waals surface area contributed by atoms with Crippen LogP contribution in [0.2, 0.25) is 0 Å². The highest BCUT2D eigenvalue weighted by atomic mass is 32.1. The summed E-state index contributed by atoms with van der Waals surface area (Å²) >= 11 is 2.39. The lowest BCUT2D eigenvalue weighted by Crippen LogP contribution is -2.54. The fourth-order valence-corrected chi connectivity index (χ4v) is 8.20. The average molecular weight is 687 g/mol. The monoisotopic (exact) mass is 686 g/mol. The Morgan fingerprint density at radius 2 is 1.85 bits per heavy atom. The van der Waals surface area contributed by atoms with Gasteiger partial charge in [0.05, 0.1) is 42.2 Å². The molecule has 3 aromatic heterocycles. The summed E-state index contributed by atoms with van der Waals surface area (Å²) in [5.74, 6) is -0.393. The molecule has 2 aliphatic rings. The van der Waals surface area contributed by atoms with Crippen molar-refractivity contribution in [3.05, 3.63) is 61.5 Å². The summed E-state index contributed by atoms with van der Waals surface area (Å²) in [4.78, 5) is 47.9. The number of aromatic nitrogens is 4. The van der Waals surface area contributed by atoms with Gasteiger partial charge in [-0.2, -0.15) is 4.37 Å². The second-order valence-corrected chi connectivity index (χ2v) is 15.3. The molecule has 0 N–H and O–H groups in total. The molecule has 0 amide bonds. The first-order chi connectivity index (χ1) is 22.2. The molecule has 5 heterocycles. The molecule has 11 nitrogen and oxygen atoms in total. The zero-order chi connectivity index (χ0) is 33.8. The van der Waals surface area contributed by atoms with Crippen molar-refractivity contribution in [3.8, 4) is 16.5 Å². The number of benzene rings is 1. The molecule has 0 spiro atoms. The van der Waals surface area contributed by atoms with Crippen molar-refractivity contribution in [2.24, 2.45) is 0 Å². The number of aryl methyl sites for hydroxylation is 1. The number of thiophene rings is 1. The van der Waals surface area contributed by atoms with E-state index in [0.717, 1.165) is 17.4 Å². The minimum absolute atomic E-state index is 0.0767. The van der Waals surface area contributed by atoms with E-state index in [9.17, 15) is 18.8 Å². The second kappa shape index (κ2) is 12.5. The van der Waals surface area contributed by atoms with Gasteiger partial charge in [-0.15, -0.1) is 11.3 Å². The summed E-state index contributed by atoms with van der Waals surface area (Å²) in [6.45, 7) is 9.82. The Bertz CT molecular complexity index is 1910. The summed E-state index contributed by atoms with van der Waals surface area (Å²) in [6, 6.07) is 4.18. The quantitative estimate of drug-likeness (QED) is 0.203. The Balaban J connectivity index is 1.56. The third kappa shape index (κ3) is 6.40. The maximum Gasteiger partial charge on any atom is 0.333 e. The molecule has 4 aromatic rings. The maximum atomic E-state index is 14.8. The van der Waals surface area contributed by atoms with E-state index < -0.39 is 40.3 Å². The van der Waals surface area contributed by atoms with Crippen LogP contribution < -0.4 is 16.0 Å². The van der Waals surface area contributed by atoms with Gasteiger partial charge < -0.3 is 18.9 Å². The van der Waals surface area contributed by atoms with Crippen LogP contribution in [0.3, 0.4) is 0 Å². The summed E-state index contributed by atoms with van der Waals surface area (Å²) in [7, 11) is 1.49. The van der Waals surface area contributed by atoms with Crippen molar-refractivity contribution in [1.82, 2.24) is 18.5 Å². The molecule has 6 rings (SSSR count). The van der Waals surface area contributed by atoms with Crippen molar-refractivity contribution in [2.75, 3.05) is 7.11 Å². The van der Waals surface area contributed by atoms with Gasteiger partial charge in [0.15, 0.2) is 5.82 Å². The van der Waals surface area contributed by atoms with Gasteiger partial charge in [0.25, 0.3) is 5.56 Å². The van der Waals surface area contributed by atoms with Gasteiger partial charge in [0, 0.05) is 5.56 Å². The highest BCUT2D eigenvalue weighted by molar-refractivity contribution is 7.22. The Labute approximate surface area is 279 Å². The molecule has 2 fully saturated rings. The number of ether oxygens (including phenoxy) is 4. The number of nitrogens with zero attached hydrogens (tertiary/aromatic N) is 4. The Hall–Kier alpha value is -3.46. The van der Waals surface area contributed by atoms with E-state index in [1.54, 1.807) is 33.2 Å². The van der Waals surface area contributed by atoms with Gasteiger partial charge in [-0.25, -0.2) is 23.5 Å². The molecule has 252 valence electrons. The number of fused-ring (bicyclic) bond motifs is 3. The standard InChI is InChI=1S/C33H39FN4O7S2/c1-17-25-28(39)38(33(5,6)30(40)45-32(2,3)4)31(41)37(29(25)47-26(17)27-35-16-46-36-27)15-24(22-12-18(34)8-11-23(22)42-7)44-21-13-19-9-10-20(14-21)43-19/h8,11-12,16,19-21,24H,9-10,13-15H2,1-7H3/t19-,20+,21?,24-/m0/s1. The van der Waals surface area contributed by atoms with Crippen molar-refractivity contribution in [2.45, 2.75) is 109 Å². The molecule has 47 heavy (non-hydrogen) atoms. The van der Waals surface area contributed by atoms with Crippen LogP contribution in [0.1, 0.15) is 77.5 Å². The van der Waals surface area contributed by atoms with Crippen LogP contribution in [0.4, 0.5) is 4.39 Å². The van der Waals surface area contributed by atoms with Crippen LogP contribution in [0.15, 0.2) is 33.3 Å². The summed E-state index contributed by atoms with van der Waals surface area (Å²) in [6.07, 6.45) is 2.31. The van der Waals surface area contributed by atoms with Crippen LogP contribution in [0, 0.1) is 12.7 Å². The number of carbonyl (C=O) groups excluding carboxylic acids is 1. The molecule has 2 bridgehead atoms. The fourth-order valence-electron chi connectivity index (χ4n) is 6.47. The number of hydrogen-bond donors (Lipinski definition) is 0. The molecule has 1 unspecified atom stereocenters. The zero-order valence-electron chi connectivity index (χ0n) is 27.5. The Morgan fingerprint density at radius 1 is 1.15 bits per heavy atom. The molecule has 0 saturated carbocycles. The van der Waals surface area contributed by atoms with Gasteiger partial charge in [0.1, 0.15) is 39.2 Å². The highest BCUT2D eigenvalue weighted by Crippen LogP contribution is 2.40. The van der Waals surface area contributed by atoms with E-state index in [2.05, 4.69) is 9.36 Å². The van der Waals surface area contributed by atoms with Gasteiger partial charge in [-0.05, 0) is 103 Å². The normalized spacial score (nSPS) is 20.5. The van der Waals surface area contributed by atoms with Crippen LogP contribution in [-0.2, 0) is 31.1 Å². The first kappa shape index (κ1) is 33.4. The molecule has 14 heteroatoms. The minimum atomic E-state index is -1.68. The predicted octanol–water partition coefficient (Wildman–Crippen LogP) is 5.74. The van der Waals surface area contributed by atoms with Crippen LogP contribution in [0.5, 0.6) is 5.75 Å². The summed E-state index contributed by atoms with van der Waals surface area (Å²) in [5.41, 5.74) is -1.31. The number of methoxy groups -OCH3 is 1. The van der Waals surface area contributed by atoms with Crippen LogP contribution in [0.25, 0.3) is 20.9 Å². The van der Waals surface area contributed by atoms with E-state index >= 15 is 0 Å². The fraction of sp³-hybridized carbons (Fsp3) is 0.545. The van der Waals surface area contributed by atoms with Crippen molar-refractivity contribution in [3.63, 3.8) is 0 Å². The number of rotatable bonds is 9. The molecule has 4 atom stereocenters. The second-order valence-electron chi connectivity index (χ2n) is 13.6. The maximum absolute atomic E-state index is 14.8. The van der Waals surface area contributed by atoms with Gasteiger partial charge >= 0.3 is 11.7 Å². The zero-order valence-corrected chi connectivity index (χ0v) is 29.1. The molecular formula is C33H39FN4O7S2. The smallest absolute Gasteiger partial charge is 0.333 e. The number of hydrogen-bond acceptors (Lipinski definition) is 11. The Morgan fingerprint density at radius 3 is 2.47 bits per heavy atom. The van der Waals surface area contributed by atoms with E-state index in [1.807, 2.05) is 0 Å². The molecular weight excluding hydrogens is 648 g/mol. The molecule has 1 aromatic carbocycles. The molecule has 0 radical (unpaired) electrons. The number of esters is 1. The highest BCUT2D eigenvalue weighted by Gasteiger charge is 2.40. The van der Waals surface area contributed by atoms with Gasteiger partial charge in [-0.3, -0.25) is 9.36 Å². The van der Waals surface area contributed by atoms with Gasteiger partial charge in [-0.1, -0.05) is 0 Å². The number of carbonyl (C=O) groups is 1. The number of halogens is 1. The van der Waals surface area contributed by atoms with Crippen molar-refractivity contribution >= 4 is 39.1 Å². The van der Waals surface area contributed by atoms with E-state index in [1.165, 1.54) is 66.6 Å². The lowest BCUT2D eigenvalue weighted by atomic mass is 10.0. The molecule has 0 aliphatic carbocycles. The van der Waals surface area contributed by atoms with Gasteiger partial charge in [0.2, 0.25) is 0 Å². The summed E-state index contributed by atoms with van der Waals surface area (Å²) in [5, 5.41) is 0.255. The topological polar surface area (TPSA) is 124 Å². The summed E-state index contributed by atoms with van der Waals surface area (Å²) < 4.78 is 45.7. The van der Waals surface area contributed by atoms with E-state index in [4.69, 9.17) is 18.9 Å². The van der Waals surface area contributed by atoms with E-state index in [-0.39, 0.29) is 30.2 Å². The lowest BCUT2D eigenvalue weighted by molar-refractivity contribution is -0.164. The third-order valence-corrected chi connectivity index (χ3v) is 10.5. The lowest BCUT2D eigenvalue weighted by Gasteiger charge is -2.33. The predicted molar refractivity (Wildman–Crippen MR) is 177 cm³/mol. The molecule has 2 saturated heterocycles. The van der Waals surface area contributed by atoms with E-state index in [0.29, 0.717) is 45.3 Å².